The molecule has 4 nitrogen and oxygen atoms in total. The van der Waals surface area contributed by atoms with Gasteiger partial charge in [0.05, 0.1) is 19.8 Å². The SMILES string of the molecule is COc1ccc(C)c(NCc2c(-c3ccc(F)cc3OC)ccc3c2C(C)=CC(C)(C)N3)c1. The van der Waals surface area contributed by atoms with Gasteiger partial charge in [0, 0.05) is 41.2 Å². The zero-order chi connectivity index (χ0) is 23.8. The van der Waals surface area contributed by atoms with Gasteiger partial charge in [-0.1, -0.05) is 18.2 Å². The standard InChI is InChI=1S/C28H31FN2O2/c1-17-7-9-20(32-5)14-25(17)30-16-23-21(22-10-8-19(29)13-26(22)33-6)11-12-24-27(23)18(2)15-28(3,4)31-24/h7-15,30-31H,16H2,1-6H3. The summed E-state index contributed by atoms with van der Waals surface area (Å²) in [6.45, 7) is 9.12. The van der Waals surface area contributed by atoms with Crippen molar-refractivity contribution in [1.82, 2.24) is 0 Å². The molecule has 0 aromatic heterocycles. The first-order chi connectivity index (χ1) is 15.7. The molecule has 1 aliphatic rings. The van der Waals surface area contributed by atoms with E-state index in [1.165, 1.54) is 17.7 Å². The van der Waals surface area contributed by atoms with Gasteiger partial charge in [-0.3, -0.25) is 0 Å². The number of ether oxygens (including phenoxy) is 2. The van der Waals surface area contributed by atoms with Crippen molar-refractivity contribution in [3.63, 3.8) is 0 Å². The van der Waals surface area contributed by atoms with Crippen LogP contribution < -0.4 is 20.1 Å². The normalized spacial score (nSPS) is 14.1. The Hall–Kier alpha value is -3.47. The minimum absolute atomic E-state index is 0.139. The predicted molar refractivity (Wildman–Crippen MR) is 135 cm³/mol. The molecule has 3 aromatic carbocycles. The average Bonchev–Trinajstić information content (AvgIpc) is 2.77. The minimum atomic E-state index is -0.320. The van der Waals surface area contributed by atoms with Gasteiger partial charge in [-0.05, 0) is 74.2 Å². The molecule has 0 aliphatic carbocycles. The lowest BCUT2D eigenvalue weighted by Gasteiger charge is -2.33. The van der Waals surface area contributed by atoms with Gasteiger partial charge < -0.3 is 20.1 Å². The van der Waals surface area contributed by atoms with Gasteiger partial charge in [0.25, 0.3) is 0 Å². The summed E-state index contributed by atoms with van der Waals surface area (Å²) in [5.74, 6) is 0.998. The Morgan fingerprint density at radius 3 is 2.42 bits per heavy atom. The molecule has 3 aromatic rings. The van der Waals surface area contributed by atoms with Crippen LogP contribution in [0.25, 0.3) is 16.7 Å². The lowest BCUT2D eigenvalue weighted by atomic mass is 9.85. The molecule has 0 radical (unpaired) electrons. The molecular weight excluding hydrogens is 415 g/mol. The van der Waals surface area contributed by atoms with Crippen molar-refractivity contribution < 1.29 is 13.9 Å². The molecule has 0 bridgehead atoms. The second kappa shape index (κ2) is 8.81. The highest BCUT2D eigenvalue weighted by Gasteiger charge is 2.26. The number of rotatable bonds is 6. The minimum Gasteiger partial charge on any atom is -0.497 e. The number of benzene rings is 3. The van der Waals surface area contributed by atoms with Crippen molar-refractivity contribution in [3.05, 3.63) is 77.1 Å². The third-order valence-electron chi connectivity index (χ3n) is 6.10. The number of hydrogen-bond donors (Lipinski definition) is 2. The largest absolute Gasteiger partial charge is 0.497 e. The van der Waals surface area contributed by atoms with E-state index in [0.717, 1.165) is 44.9 Å². The summed E-state index contributed by atoms with van der Waals surface area (Å²) >= 11 is 0. The Bertz CT molecular complexity index is 1230. The van der Waals surface area contributed by atoms with E-state index < -0.39 is 0 Å². The van der Waals surface area contributed by atoms with Gasteiger partial charge in [-0.25, -0.2) is 4.39 Å². The summed E-state index contributed by atoms with van der Waals surface area (Å²) in [5.41, 5.74) is 8.44. The predicted octanol–water partition coefficient (Wildman–Crippen LogP) is 7.04. The van der Waals surface area contributed by atoms with Crippen LogP contribution in [0.5, 0.6) is 11.5 Å². The fourth-order valence-electron chi connectivity index (χ4n) is 4.62. The van der Waals surface area contributed by atoms with Gasteiger partial charge in [0.15, 0.2) is 0 Å². The van der Waals surface area contributed by atoms with Gasteiger partial charge in [-0.15, -0.1) is 0 Å². The van der Waals surface area contributed by atoms with E-state index in [1.54, 1.807) is 20.3 Å². The van der Waals surface area contributed by atoms with E-state index in [-0.39, 0.29) is 11.4 Å². The maximum atomic E-state index is 13.9. The number of nitrogens with one attached hydrogen (secondary N) is 2. The molecule has 0 saturated carbocycles. The molecule has 1 aliphatic heterocycles. The summed E-state index contributed by atoms with van der Waals surface area (Å²) in [7, 11) is 3.24. The maximum Gasteiger partial charge on any atom is 0.129 e. The molecule has 0 atom stereocenters. The monoisotopic (exact) mass is 446 g/mol. The van der Waals surface area contributed by atoms with Crippen molar-refractivity contribution in [2.45, 2.75) is 39.8 Å². The van der Waals surface area contributed by atoms with Gasteiger partial charge in [-0.2, -0.15) is 0 Å². The van der Waals surface area contributed by atoms with E-state index >= 15 is 0 Å². The first-order valence-electron chi connectivity index (χ1n) is 11.1. The molecule has 172 valence electrons. The Morgan fingerprint density at radius 2 is 1.70 bits per heavy atom. The van der Waals surface area contributed by atoms with Crippen LogP contribution in [-0.4, -0.2) is 19.8 Å². The number of aryl methyl sites for hydroxylation is 1. The van der Waals surface area contributed by atoms with Crippen molar-refractivity contribution in [3.8, 4) is 22.6 Å². The fraction of sp³-hybridized carbons (Fsp3) is 0.286. The highest BCUT2D eigenvalue weighted by Crippen LogP contribution is 2.42. The molecule has 1 heterocycles. The Morgan fingerprint density at radius 1 is 0.939 bits per heavy atom. The Kier molecular flexibility index (Phi) is 6.07. The maximum absolute atomic E-state index is 13.9. The summed E-state index contributed by atoms with van der Waals surface area (Å²) in [6.07, 6.45) is 2.25. The third kappa shape index (κ3) is 4.54. The second-order valence-corrected chi connectivity index (χ2v) is 9.07. The Labute approximate surface area is 195 Å². The summed E-state index contributed by atoms with van der Waals surface area (Å²) in [4.78, 5) is 0. The van der Waals surface area contributed by atoms with Crippen LogP contribution in [0.3, 0.4) is 0 Å². The molecule has 0 unspecified atom stereocenters. The highest BCUT2D eigenvalue weighted by atomic mass is 19.1. The van der Waals surface area contributed by atoms with E-state index in [2.05, 4.69) is 56.5 Å². The van der Waals surface area contributed by atoms with Crippen LogP contribution >= 0.6 is 0 Å². The number of allylic oxidation sites excluding steroid dienone is 1. The van der Waals surface area contributed by atoms with Crippen molar-refractivity contribution in [2.24, 2.45) is 0 Å². The van der Waals surface area contributed by atoms with Crippen LogP contribution in [0.4, 0.5) is 15.8 Å². The van der Waals surface area contributed by atoms with Gasteiger partial charge in [0.2, 0.25) is 0 Å². The molecule has 4 rings (SSSR count). The molecule has 2 N–H and O–H groups in total. The van der Waals surface area contributed by atoms with Crippen molar-refractivity contribution in [1.29, 1.82) is 0 Å². The van der Waals surface area contributed by atoms with E-state index in [1.807, 2.05) is 18.2 Å². The lowest BCUT2D eigenvalue weighted by molar-refractivity contribution is 0.413. The zero-order valence-corrected chi connectivity index (χ0v) is 20.1. The summed E-state index contributed by atoms with van der Waals surface area (Å²) < 4.78 is 24.9. The number of fused-ring (bicyclic) bond motifs is 1. The van der Waals surface area contributed by atoms with E-state index in [4.69, 9.17) is 9.47 Å². The van der Waals surface area contributed by atoms with Crippen LogP contribution in [0.15, 0.2) is 54.6 Å². The number of methoxy groups -OCH3 is 2. The number of anilines is 2. The van der Waals surface area contributed by atoms with Gasteiger partial charge in [0.1, 0.15) is 17.3 Å². The first kappa shape index (κ1) is 22.7. The van der Waals surface area contributed by atoms with Crippen LogP contribution in [0.2, 0.25) is 0 Å². The van der Waals surface area contributed by atoms with Crippen LogP contribution in [0, 0.1) is 12.7 Å². The molecular formula is C28H31FN2O2. The summed E-state index contributed by atoms with van der Waals surface area (Å²) in [5, 5.41) is 7.24. The quantitative estimate of drug-likeness (QED) is 0.426. The molecule has 0 fully saturated rings. The fourth-order valence-corrected chi connectivity index (χ4v) is 4.62. The summed E-state index contributed by atoms with van der Waals surface area (Å²) in [6, 6.07) is 14.9. The molecule has 33 heavy (non-hydrogen) atoms. The average molecular weight is 447 g/mol. The number of halogens is 1. The second-order valence-electron chi connectivity index (χ2n) is 9.07. The smallest absolute Gasteiger partial charge is 0.129 e. The first-order valence-corrected chi connectivity index (χ1v) is 11.1. The van der Waals surface area contributed by atoms with Crippen LogP contribution in [-0.2, 0) is 6.54 Å². The number of hydrogen-bond acceptors (Lipinski definition) is 4. The van der Waals surface area contributed by atoms with Gasteiger partial charge >= 0.3 is 0 Å². The third-order valence-corrected chi connectivity index (χ3v) is 6.10. The van der Waals surface area contributed by atoms with E-state index in [9.17, 15) is 4.39 Å². The molecule has 0 spiro atoms. The van der Waals surface area contributed by atoms with Crippen molar-refractivity contribution >= 4 is 16.9 Å². The highest BCUT2D eigenvalue weighted by molar-refractivity contribution is 5.88. The molecule has 0 amide bonds. The van der Waals surface area contributed by atoms with E-state index in [0.29, 0.717) is 12.3 Å². The Balaban J connectivity index is 1.86. The zero-order valence-electron chi connectivity index (χ0n) is 20.1. The lowest BCUT2D eigenvalue weighted by Crippen LogP contribution is -2.32. The topological polar surface area (TPSA) is 42.5 Å². The molecule has 0 saturated heterocycles. The molecule has 5 heteroatoms. The van der Waals surface area contributed by atoms with Crippen molar-refractivity contribution in [2.75, 3.05) is 24.9 Å². The van der Waals surface area contributed by atoms with Crippen LogP contribution in [0.1, 0.15) is 37.5 Å².